The van der Waals surface area contributed by atoms with E-state index in [1.165, 1.54) is 16.7 Å². The molecule has 1 aliphatic carbocycles. The Morgan fingerprint density at radius 2 is 1.64 bits per heavy atom. The van der Waals surface area contributed by atoms with E-state index in [1.807, 2.05) is 0 Å². The Kier molecular flexibility index (Phi) is 3.32. The topological polar surface area (TPSA) is 0 Å². The predicted molar refractivity (Wildman–Crippen MR) is 45.7 cm³/mol. The maximum Gasteiger partial charge on any atom is 0 e. The van der Waals surface area contributed by atoms with Crippen LogP contribution >= 0.6 is 0 Å². The van der Waals surface area contributed by atoms with Crippen molar-refractivity contribution in [3.63, 3.8) is 0 Å². The second kappa shape index (κ2) is 3.27. The van der Waals surface area contributed by atoms with Gasteiger partial charge in [0.2, 0.25) is 0 Å². The summed E-state index contributed by atoms with van der Waals surface area (Å²) in [5.41, 5.74) is 4.39. The average molecular weight is 320 g/mol. The van der Waals surface area contributed by atoms with Crippen molar-refractivity contribution in [1.29, 1.82) is 0 Å². The molecule has 1 heteroatoms. The third-order valence-corrected chi connectivity index (χ3v) is 2.56. The molecule has 0 atom stereocenters. The number of rotatable bonds is 0. The largest absolute Gasteiger partial charge is 1.00 e. The van der Waals surface area contributed by atoms with Crippen LogP contribution in [-0.4, -0.2) is 0 Å². The summed E-state index contributed by atoms with van der Waals surface area (Å²) in [4.78, 5) is 0. The molecule has 0 aromatic carbocycles. The van der Waals surface area contributed by atoms with Crippen LogP contribution in [0.3, 0.4) is 0 Å². The molecule has 1 rings (SSSR count). The second-order valence-corrected chi connectivity index (χ2v) is 3.62. The average Bonchev–Trinajstić information content (AvgIpc) is 1.95. The molecule has 0 aliphatic heterocycles. The van der Waals surface area contributed by atoms with Gasteiger partial charge in [0.1, 0.15) is 0 Å². The van der Waals surface area contributed by atoms with Gasteiger partial charge in [-0.25, -0.2) is 5.57 Å². The van der Waals surface area contributed by atoms with E-state index in [2.05, 4.69) is 40.7 Å². The summed E-state index contributed by atoms with van der Waals surface area (Å²) in [7, 11) is 0. The Morgan fingerprint density at radius 3 is 1.73 bits per heavy atom. The summed E-state index contributed by atoms with van der Waals surface area (Å²) in [5, 5.41) is 0. The first-order valence-corrected chi connectivity index (χ1v) is 3.75. The molecule has 1 aliphatic rings. The smallest absolute Gasteiger partial charge is 0 e. The number of hydrogen-bond donors (Lipinski definition) is 0. The van der Waals surface area contributed by atoms with E-state index in [1.54, 1.807) is 0 Å². The van der Waals surface area contributed by atoms with Crippen molar-refractivity contribution < 1.29 is 22.5 Å². The van der Waals surface area contributed by atoms with Gasteiger partial charge in [0.05, 0.1) is 0 Å². The van der Waals surface area contributed by atoms with Crippen LogP contribution in [0.25, 0.3) is 0 Å². The van der Waals surface area contributed by atoms with Gasteiger partial charge in [0.15, 0.2) is 0 Å². The van der Waals surface area contributed by atoms with Gasteiger partial charge in [-0.15, -0.1) is 6.92 Å². The van der Waals surface area contributed by atoms with Crippen LogP contribution < -0.4 is 0 Å². The van der Waals surface area contributed by atoms with E-state index in [-0.39, 0.29) is 27.9 Å². The first-order valence-electron chi connectivity index (χ1n) is 3.75. The maximum atomic E-state index is 3.44. The molecular formula is C10H16W-2. The van der Waals surface area contributed by atoms with Crippen LogP contribution in [0.2, 0.25) is 0 Å². The summed E-state index contributed by atoms with van der Waals surface area (Å²) in [6, 6.07) is 0. The molecule has 0 heterocycles. The van der Waals surface area contributed by atoms with Crippen molar-refractivity contribution in [2.45, 2.75) is 34.6 Å². The molecule has 64 valence electrons. The summed E-state index contributed by atoms with van der Waals surface area (Å²) in [6.07, 6.45) is 3.44. The summed E-state index contributed by atoms with van der Waals surface area (Å²) < 4.78 is 0. The van der Waals surface area contributed by atoms with Crippen LogP contribution in [0.4, 0.5) is 0 Å². The first kappa shape index (κ1) is 11.2. The molecule has 0 unspecified atom stereocenters. The Hall–Kier alpha value is 0.168. The van der Waals surface area contributed by atoms with Crippen LogP contribution in [0, 0.1) is 11.5 Å². The molecule has 0 saturated carbocycles. The normalized spacial score (nSPS) is 21.4. The van der Waals surface area contributed by atoms with Gasteiger partial charge >= 0.3 is 0 Å². The summed E-state index contributed by atoms with van der Waals surface area (Å²) in [5.74, 6) is 0. The maximum absolute atomic E-state index is 3.44. The zero-order valence-electron chi connectivity index (χ0n) is 8.91. The fourth-order valence-corrected chi connectivity index (χ4v) is 1.41. The van der Waals surface area contributed by atoms with Crippen LogP contribution in [-0.2, 0) is 21.1 Å². The Morgan fingerprint density at radius 1 is 1.18 bits per heavy atom. The van der Waals surface area contributed by atoms with Gasteiger partial charge in [0.25, 0.3) is 0 Å². The molecule has 0 aromatic heterocycles. The quantitative estimate of drug-likeness (QED) is 0.601. The third kappa shape index (κ3) is 1.85. The van der Waals surface area contributed by atoms with Crippen LogP contribution in [0.5, 0.6) is 0 Å². The molecule has 11 heavy (non-hydrogen) atoms. The molecule has 0 spiro atoms. The van der Waals surface area contributed by atoms with E-state index in [9.17, 15) is 0 Å². The fourth-order valence-electron chi connectivity index (χ4n) is 1.41. The minimum atomic E-state index is 0. The van der Waals surface area contributed by atoms with Gasteiger partial charge in [0, 0.05) is 21.1 Å². The zero-order chi connectivity index (χ0) is 7.94. The molecule has 0 radical (unpaired) electrons. The summed E-state index contributed by atoms with van der Waals surface area (Å²) >= 11 is 0. The van der Waals surface area contributed by atoms with Crippen molar-refractivity contribution in [1.82, 2.24) is 0 Å². The van der Waals surface area contributed by atoms with Gasteiger partial charge in [-0.05, 0) is 0 Å². The molecule has 0 N–H and O–H groups in total. The van der Waals surface area contributed by atoms with E-state index in [4.69, 9.17) is 0 Å². The third-order valence-electron chi connectivity index (χ3n) is 2.56. The van der Waals surface area contributed by atoms with E-state index in [0.29, 0.717) is 0 Å². The van der Waals surface area contributed by atoms with Crippen molar-refractivity contribution in [2.75, 3.05) is 0 Å². The van der Waals surface area contributed by atoms with Crippen LogP contribution in [0.1, 0.15) is 36.0 Å². The van der Waals surface area contributed by atoms with Gasteiger partial charge < -0.3 is 1.43 Å². The number of hydrogen-bond acceptors (Lipinski definition) is 0. The first-order chi connectivity index (χ1) is 4.45. The van der Waals surface area contributed by atoms with Crippen molar-refractivity contribution >= 4 is 0 Å². The Balaban J connectivity index is 0. The Labute approximate surface area is 85.5 Å². The van der Waals surface area contributed by atoms with Crippen molar-refractivity contribution in [3.8, 4) is 0 Å². The van der Waals surface area contributed by atoms with Gasteiger partial charge in [-0.2, -0.15) is 11.1 Å². The number of allylic oxidation sites excluding steroid dienone is 4. The zero-order valence-corrected chi connectivity index (χ0v) is 10.8. The molecule has 0 amide bonds. The van der Waals surface area contributed by atoms with Gasteiger partial charge in [-0.1, -0.05) is 33.1 Å². The predicted octanol–water partition coefficient (Wildman–Crippen LogP) is 3.22. The molecule has 0 aromatic rings. The van der Waals surface area contributed by atoms with E-state index >= 15 is 0 Å². The fraction of sp³-hybridized carbons (Fsp3) is 0.600. The van der Waals surface area contributed by atoms with E-state index < -0.39 is 0 Å². The minimum absolute atomic E-state index is 0. The summed E-state index contributed by atoms with van der Waals surface area (Å²) in [6.45, 7) is 10.9. The van der Waals surface area contributed by atoms with Crippen molar-refractivity contribution in [2.24, 2.45) is 5.41 Å². The SMILES string of the molecule is CC1=[C-]C(C)(C)C(C)=C1C.[H-].[W]. The van der Waals surface area contributed by atoms with Gasteiger partial charge in [-0.3, -0.25) is 6.08 Å². The molecule has 0 nitrogen and oxygen atoms in total. The van der Waals surface area contributed by atoms with Crippen molar-refractivity contribution in [3.05, 3.63) is 22.8 Å². The monoisotopic (exact) mass is 320 g/mol. The molecule has 0 saturated heterocycles. The molecule has 0 fully saturated rings. The Bertz CT molecular complexity index is 224. The molecule has 0 bridgehead atoms. The second-order valence-electron chi connectivity index (χ2n) is 3.62. The standard InChI is InChI=1S/C10H15.W.H/c1-7-6-10(4,5)9(3)8(7)2;;/h1-5H3;;/q-1;;-1. The van der Waals surface area contributed by atoms with E-state index in [0.717, 1.165) is 0 Å². The van der Waals surface area contributed by atoms with Crippen LogP contribution in [0.15, 0.2) is 16.7 Å². The molecular weight excluding hydrogens is 304 g/mol. The minimum Gasteiger partial charge on any atom is -1.00 e.